The van der Waals surface area contributed by atoms with E-state index in [4.69, 9.17) is 11.6 Å². The molecule has 0 fully saturated rings. The summed E-state index contributed by atoms with van der Waals surface area (Å²) in [4.78, 5) is 23.2. The number of rotatable bonds is 2. The van der Waals surface area contributed by atoms with Crippen LogP contribution >= 0.6 is 11.6 Å². The smallest absolute Gasteiger partial charge is 0.276 e. The lowest BCUT2D eigenvalue weighted by molar-refractivity contribution is 0.102. The van der Waals surface area contributed by atoms with Gasteiger partial charge in [-0.05, 0) is 30.7 Å². The summed E-state index contributed by atoms with van der Waals surface area (Å²) in [5.74, 6) is -0.415. The number of nitrogens with one attached hydrogen (secondary N) is 1. The Bertz CT molecular complexity index is 695. The standard InChI is InChI=1S/C13H12ClN3O2/c1-8-3-4-10(9(14)7-8)15-13(19)11-5-6-12(18)17(2)16-11/h3-7H,1-2H3,(H,15,19). The van der Waals surface area contributed by atoms with E-state index < -0.39 is 5.91 Å². The topological polar surface area (TPSA) is 64.0 Å². The van der Waals surface area contributed by atoms with Crippen LogP contribution in [0.4, 0.5) is 5.69 Å². The van der Waals surface area contributed by atoms with Crippen LogP contribution < -0.4 is 10.9 Å². The molecule has 0 bridgehead atoms. The summed E-state index contributed by atoms with van der Waals surface area (Å²) in [7, 11) is 1.48. The molecule has 6 heteroatoms. The van der Waals surface area contributed by atoms with Gasteiger partial charge in [0, 0.05) is 13.1 Å². The molecule has 1 amide bonds. The lowest BCUT2D eigenvalue weighted by atomic mass is 10.2. The highest BCUT2D eigenvalue weighted by atomic mass is 35.5. The van der Waals surface area contributed by atoms with Gasteiger partial charge in [-0.2, -0.15) is 5.10 Å². The van der Waals surface area contributed by atoms with E-state index in [9.17, 15) is 9.59 Å². The lowest BCUT2D eigenvalue weighted by Gasteiger charge is -2.07. The molecule has 1 heterocycles. The lowest BCUT2D eigenvalue weighted by Crippen LogP contribution is -2.23. The average molecular weight is 278 g/mol. The van der Waals surface area contributed by atoms with E-state index >= 15 is 0 Å². The molecule has 0 spiro atoms. The first-order valence-electron chi connectivity index (χ1n) is 5.59. The van der Waals surface area contributed by atoms with Crippen molar-refractivity contribution in [2.75, 3.05) is 5.32 Å². The zero-order valence-corrected chi connectivity index (χ0v) is 11.2. The minimum Gasteiger partial charge on any atom is -0.319 e. The molecule has 0 saturated carbocycles. The van der Waals surface area contributed by atoms with Crippen LogP contribution in [0.2, 0.25) is 5.02 Å². The van der Waals surface area contributed by atoms with Crippen molar-refractivity contribution < 1.29 is 4.79 Å². The molecule has 1 N–H and O–H groups in total. The van der Waals surface area contributed by atoms with Gasteiger partial charge >= 0.3 is 0 Å². The Hall–Kier alpha value is -2.14. The predicted molar refractivity (Wildman–Crippen MR) is 73.6 cm³/mol. The Kier molecular flexibility index (Phi) is 3.66. The summed E-state index contributed by atoms with van der Waals surface area (Å²) >= 11 is 6.03. The van der Waals surface area contributed by atoms with Gasteiger partial charge in [-0.25, -0.2) is 4.68 Å². The molecule has 2 aromatic rings. The van der Waals surface area contributed by atoms with Crippen LogP contribution in [-0.2, 0) is 7.05 Å². The Morgan fingerprint density at radius 3 is 2.68 bits per heavy atom. The van der Waals surface area contributed by atoms with Crippen LogP contribution in [0.3, 0.4) is 0 Å². The SMILES string of the molecule is Cc1ccc(NC(=O)c2ccc(=O)n(C)n2)c(Cl)c1. The summed E-state index contributed by atoms with van der Waals surface area (Å²) in [6, 6.07) is 7.98. The van der Waals surface area contributed by atoms with E-state index in [0.717, 1.165) is 10.2 Å². The molecule has 19 heavy (non-hydrogen) atoms. The molecule has 0 aliphatic carbocycles. The first-order valence-corrected chi connectivity index (χ1v) is 5.97. The maximum absolute atomic E-state index is 12.0. The number of hydrogen-bond acceptors (Lipinski definition) is 3. The number of halogens is 1. The third kappa shape index (κ3) is 3.00. The number of aromatic nitrogens is 2. The van der Waals surface area contributed by atoms with Crippen molar-refractivity contribution in [3.8, 4) is 0 Å². The van der Waals surface area contributed by atoms with Gasteiger partial charge < -0.3 is 5.32 Å². The molecule has 98 valence electrons. The molecule has 5 nitrogen and oxygen atoms in total. The number of carbonyl (C=O) groups is 1. The molecule has 1 aromatic heterocycles. The Balaban J connectivity index is 2.25. The molecular formula is C13H12ClN3O2. The van der Waals surface area contributed by atoms with Crippen molar-refractivity contribution in [3.05, 3.63) is 57.0 Å². The number of carbonyl (C=O) groups excluding carboxylic acids is 1. The molecule has 0 unspecified atom stereocenters. The number of benzene rings is 1. The second-order valence-corrected chi connectivity index (χ2v) is 4.53. The molecule has 1 aromatic carbocycles. The molecular weight excluding hydrogens is 266 g/mol. The van der Waals surface area contributed by atoms with E-state index in [2.05, 4.69) is 10.4 Å². The van der Waals surface area contributed by atoms with Crippen LogP contribution in [0.1, 0.15) is 16.1 Å². The predicted octanol–water partition coefficient (Wildman–Crippen LogP) is 1.99. The summed E-state index contributed by atoms with van der Waals surface area (Å²) < 4.78 is 1.10. The van der Waals surface area contributed by atoms with Crippen LogP contribution in [0, 0.1) is 6.92 Å². The summed E-state index contributed by atoms with van der Waals surface area (Å²) in [6.07, 6.45) is 0. The number of anilines is 1. The minimum atomic E-state index is -0.415. The second-order valence-electron chi connectivity index (χ2n) is 4.12. The highest BCUT2D eigenvalue weighted by Gasteiger charge is 2.10. The van der Waals surface area contributed by atoms with Gasteiger partial charge in [-0.1, -0.05) is 17.7 Å². The molecule has 2 rings (SSSR count). The number of amides is 1. The van der Waals surface area contributed by atoms with Gasteiger partial charge in [0.1, 0.15) is 5.69 Å². The highest BCUT2D eigenvalue weighted by Crippen LogP contribution is 2.22. The maximum atomic E-state index is 12.0. The van der Waals surface area contributed by atoms with E-state index in [-0.39, 0.29) is 11.3 Å². The Labute approximate surface area is 114 Å². The molecule has 0 radical (unpaired) electrons. The van der Waals surface area contributed by atoms with Crippen molar-refractivity contribution in [3.63, 3.8) is 0 Å². The van der Waals surface area contributed by atoms with E-state index in [1.165, 1.54) is 19.2 Å². The normalized spacial score (nSPS) is 10.3. The fourth-order valence-corrected chi connectivity index (χ4v) is 1.81. The minimum absolute atomic E-state index is 0.152. The first kappa shape index (κ1) is 13.3. The zero-order valence-electron chi connectivity index (χ0n) is 10.5. The van der Waals surface area contributed by atoms with Crippen LogP contribution in [0.25, 0.3) is 0 Å². The van der Waals surface area contributed by atoms with Crippen molar-refractivity contribution in [1.29, 1.82) is 0 Å². The second kappa shape index (κ2) is 5.24. The van der Waals surface area contributed by atoms with Gasteiger partial charge in [0.15, 0.2) is 0 Å². The Morgan fingerprint density at radius 1 is 1.32 bits per heavy atom. The number of hydrogen-bond donors (Lipinski definition) is 1. The number of nitrogens with zero attached hydrogens (tertiary/aromatic N) is 2. The summed E-state index contributed by atoms with van der Waals surface area (Å²) in [5.41, 5.74) is 1.39. The van der Waals surface area contributed by atoms with Crippen molar-refractivity contribution in [1.82, 2.24) is 9.78 Å². The van der Waals surface area contributed by atoms with Gasteiger partial charge in [0.2, 0.25) is 0 Å². The highest BCUT2D eigenvalue weighted by molar-refractivity contribution is 6.34. The first-order chi connectivity index (χ1) is 8.97. The molecule has 0 saturated heterocycles. The van der Waals surface area contributed by atoms with Gasteiger partial charge in [0.05, 0.1) is 10.7 Å². The monoisotopic (exact) mass is 277 g/mol. The van der Waals surface area contributed by atoms with Crippen LogP contribution in [0.15, 0.2) is 35.1 Å². The van der Waals surface area contributed by atoms with E-state index in [0.29, 0.717) is 10.7 Å². The summed E-state index contributed by atoms with van der Waals surface area (Å²) in [5, 5.41) is 6.97. The molecule has 0 atom stereocenters. The largest absolute Gasteiger partial charge is 0.319 e. The van der Waals surface area contributed by atoms with Crippen molar-refractivity contribution >= 4 is 23.2 Å². The van der Waals surface area contributed by atoms with Gasteiger partial charge in [0.25, 0.3) is 11.5 Å². The van der Waals surface area contributed by atoms with Crippen LogP contribution in [-0.4, -0.2) is 15.7 Å². The zero-order chi connectivity index (χ0) is 14.0. The van der Waals surface area contributed by atoms with Gasteiger partial charge in [-0.3, -0.25) is 9.59 Å². The van der Waals surface area contributed by atoms with Crippen molar-refractivity contribution in [2.24, 2.45) is 7.05 Å². The maximum Gasteiger partial charge on any atom is 0.276 e. The van der Waals surface area contributed by atoms with Crippen molar-refractivity contribution in [2.45, 2.75) is 6.92 Å². The summed E-state index contributed by atoms with van der Waals surface area (Å²) in [6.45, 7) is 1.91. The van der Waals surface area contributed by atoms with E-state index in [1.54, 1.807) is 12.1 Å². The van der Waals surface area contributed by atoms with Gasteiger partial charge in [-0.15, -0.1) is 0 Å². The number of aryl methyl sites for hydroxylation is 2. The quantitative estimate of drug-likeness (QED) is 0.913. The fraction of sp³-hybridized carbons (Fsp3) is 0.154. The third-order valence-electron chi connectivity index (χ3n) is 2.57. The fourth-order valence-electron chi connectivity index (χ4n) is 1.53. The van der Waals surface area contributed by atoms with Crippen LogP contribution in [0.5, 0.6) is 0 Å². The van der Waals surface area contributed by atoms with E-state index in [1.807, 2.05) is 13.0 Å². The third-order valence-corrected chi connectivity index (χ3v) is 2.88. The molecule has 0 aliphatic rings. The molecule has 0 aliphatic heterocycles. The average Bonchev–Trinajstić information content (AvgIpc) is 2.36. The Morgan fingerprint density at radius 2 is 2.05 bits per heavy atom.